The first-order valence-electron chi connectivity index (χ1n) is 16.4. The molecular formula is C45H32N2O. The van der Waals surface area contributed by atoms with E-state index in [0.717, 1.165) is 73.5 Å². The molecule has 0 saturated carbocycles. The molecule has 0 radical (unpaired) electrons. The van der Waals surface area contributed by atoms with Gasteiger partial charge in [0.15, 0.2) is 5.58 Å². The van der Waals surface area contributed by atoms with E-state index in [1.165, 1.54) is 16.7 Å². The van der Waals surface area contributed by atoms with Gasteiger partial charge in [-0.25, -0.2) is 0 Å². The predicted molar refractivity (Wildman–Crippen MR) is 202 cm³/mol. The fraction of sp³-hybridized carbons (Fsp3) is 0.0222. The van der Waals surface area contributed by atoms with Gasteiger partial charge in [0.1, 0.15) is 5.58 Å². The number of furan rings is 1. The van der Waals surface area contributed by atoms with Crippen molar-refractivity contribution in [2.45, 2.75) is 0 Å². The highest BCUT2D eigenvalue weighted by Crippen LogP contribution is 2.46. The summed E-state index contributed by atoms with van der Waals surface area (Å²) in [4.78, 5) is 2.35. The summed E-state index contributed by atoms with van der Waals surface area (Å²) in [6.45, 7) is 0.828. The summed E-state index contributed by atoms with van der Waals surface area (Å²) in [5.74, 6) is 0. The average molecular weight is 617 g/mol. The van der Waals surface area contributed by atoms with Gasteiger partial charge in [0, 0.05) is 39.8 Å². The van der Waals surface area contributed by atoms with Crippen LogP contribution in [-0.2, 0) is 0 Å². The first kappa shape index (κ1) is 27.9. The van der Waals surface area contributed by atoms with Crippen LogP contribution in [0.4, 0.5) is 22.7 Å². The first-order valence-corrected chi connectivity index (χ1v) is 16.4. The van der Waals surface area contributed by atoms with Crippen LogP contribution in [0, 0.1) is 0 Å². The molecule has 0 bridgehead atoms. The molecule has 0 spiro atoms. The minimum atomic E-state index is 0.828. The van der Waals surface area contributed by atoms with Gasteiger partial charge in [-0.1, -0.05) is 140 Å². The molecule has 0 fully saturated rings. The van der Waals surface area contributed by atoms with E-state index in [9.17, 15) is 0 Å². The Balaban J connectivity index is 1.24. The normalized spacial score (nSPS) is 12.2. The van der Waals surface area contributed by atoms with Crippen molar-refractivity contribution in [2.75, 3.05) is 16.8 Å². The minimum absolute atomic E-state index is 0.828. The maximum atomic E-state index is 6.79. The third-order valence-electron chi connectivity index (χ3n) is 9.26. The van der Waals surface area contributed by atoms with E-state index in [2.05, 4.69) is 186 Å². The monoisotopic (exact) mass is 616 g/mol. The van der Waals surface area contributed by atoms with Gasteiger partial charge in [-0.3, -0.25) is 0 Å². The molecule has 1 aliphatic heterocycles. The standard InChI is InChI=1S/C45H32N2O/c1-3-12-31(13-4-1)32-23-25-33(26-24-32)35-16-9-18-37(28-35)47(42-21-8-7-19-38(42)34-14-5-2-6-15-34)43-22-10-20-39-40-30-41-36(17-11-27-46-41)29-44(40)48-45(39)43/h1-26,28-30,46H,27H2. The van der Waals surface area contributed by atoms with Crippen LogP contribution in [0.25, 0.3) is 61.4 Å². The van der Waals surface area contributed by atoms with Crippen molar-refractivity contribution in [1.82, 2.24) is 0 Å². The molecule has 0 unspecified atom stereocenters. The van der Waals surface area contributed by atoms with Gasteiger partial charge >= 0.3 is 0 Å². The number of hydrogen-bond donors (Lipinski definition) is 1. The molecular weight excluding hydrogens is 585 g/mol. The van der Waals surface area contributed by atoms with Crippen LogP contribution in [0.5, 0.6) is 0 Å². The molecule has 8 aromatic rings. The summed E-state index contributed by atoms with van der Waals surface area (Å²) in [6, 6.07) is 58.3. The number of rotatable bonds is 6. The van der Waals surface area contributed by atoms with Crippen molar-refractivity contribution >= 4 is 50.8 Å². The van der Waals surface area contributed by atoms with Gasteiger partial charge in [-0.15, -0.1) is 0 Å². The molecule has 0 saturated heterocycles. The number of anilines is 4. The smallest absolute Gasteiger partial charge is 0.159 e. The summed E-state index contributed by atoms with van der Waals surface area (Å²) >= 11 is 0. The highest BCUT2D eigenvalue weighted by Gasteiger charge is 2.23. The first-order chi connectivity index (χ1) is 23.8. The van der Waals surface area contributed by atoms with E-state index in [1.807, 2.05) is 0 Å². The van der Waals surface area contributed by atoms with Gasteiger partial charge in [0.2, 0.25) is 0 Å². The molecule has 228 valence electrons. The largest absolute Gasteiger partial charge is 0.454 e. The zero-order valence-electron chi connectivity index (χ0n) is 26.3. The maximum absolute atomic E-state index is 6.79. The van der Waals surface area contributed by atoms with E-state index in [0.29, 0.717) is 0 Å². The van der Waals surface area contributed by atoms with Crippen molar-refractivity contribution < 1.29 is 4.42 Å². The second-order valence-corrected chi connectivity index (χ2v) is 12.2. The van der Waals surface area contributed by atoms with Crippen LogP contribution in [0.1, 0.15) is 5.56 Å². The summed E-state index contributed by atoms with van der Waals surface area (Å²) in [5, 5.41) is 5.72. The Morgan fingerprint density at radius 1 is 0.500 bits per heavy atom. The highest BCUT2D eigenvalue weighted by molar-refractivity contribution is 6.12. The van der Waals surface area contributed by atoms with E-state index < -0.39 is 0 Å². The molecule has 3 heteroatoms. The lowest BCUT2D eigenvalue weighted by atomic mass is 9.99. The number of nitrogens with one attached hydrogen (secondary N) is 1. The Labute approximate surface area is 280 Å². The van der Waals surface area contributed by atoms with Crippen molar-refractivity contribution in [2.24, 2.45) is 0 Å². The van der Waals surface area contributed by atoms with E-state index in [4.69, 9.17) is 4.42 Å². The Hall–Kier alpha value is -6.32. The second kappa shape index (κ2) is 11.8. The molecule has 3 nitrogen and oxygen atoms in total. The molecule has 1 aromatic heterocycles. The molecule has 48 heavy (non-hydrogen) atoms. The van der Waals surface area contributed by atoms with Crippen molar-refractivity contribution in [1.29, 1.82) is 0 Å². The van der Waals surface area contributed by atoms with Gasteiger partial charge in [0.25, 0.3) is 0 Å². The molecule has 0 atom stereocenters. The number of hydrogen-bond acceptors (Lipinski definition) is 3. The van der Waals surface area contributed by atoms with E-state index in [-0.39, 0.29) is 0 Å². The van der Waals surface area contributed by atoms with Crippen molar-refractivity contribution in [3.8, 4) is 33.4 Å². The minimum Gasteiger partial charge on any atom is -0.454 e. The Morgan fingerprint density at radius 3 is 1.96 bits per heavy atom. The number of benzene rings is 7. The summed E-state index contributed by atoms with van der Waals surface area (Å²) in [7, 11) is 0. The average Bonchev–Trinajstić information content (AvgIpc) is 3.53. The lowest BCUT2D eigenvalue weighted by Gasteiger charge is -2.28. The molecule has 1 N–H and O–H groups in total. The molecule has 0 amide bonds. The number of para-hydroxylation sites is 2. The third kappa shape index (κ3) is 4.94. The maximum Gasteiger partial charge on any atom is 0.159 e. The molecule has 9 rings (SSSR count). The van der Waals surface area contributed by atoms with Crippen LogP contribution in [0.3, 0.4) is 0 Å². The van der Waals surface area contributed by atoms with Gasteiger partial charge in [-0.05, 0) is 64.2 Å². The fourth-order valence-corrected chi connectivity index (χ4v) is 6.92. The molecule has 2 heterocycles. The molecule has 1 aliphatic rings. The Kier molecular flexibility index (Phi) is 6.87. The van der Waals surface area contributed by atoms with Crippen LogP contribution in [-0.4, -0.2) is 6.54 Å². The van der Waals surface area contributed by atoms with Crippen LogP contribution in [0.2, 0.25) is 0 Å². The van der Waals surface area contributed by atoms with E-state index in [1.54, 1.807) is 0 Å². The summed E-state index contributed by atoms with van der Waals surface area (Å²) < 4.78 is 6.79. The van der Waals surface area contributed by atoms with Crippen LogP contribution in [0.15, 0.2) is 174 Å². The van der Waals surface area contributed by atoms with E-state index >= 15 is 0 Å². The molecule has 7 aromatic carbocycles. The zero-order valence-corrected chi connectivity index (χ0v) is 26.3. The topological polar surface area (TPSA) is 28.4 Å². The predicted octanol–water partition coefficient (Wildman–Crippen LogP) is 12.5. The van der Waals surface area contributed by atoms with Gasteiger partial charge in [0.05, 0.1) is 11.4 Å². The third-order valence-corrected chi connectivity index (χ3v) is 9.26. The Morgan fingerprint density at radius 2 is 1.15 bits per heavy atom. The van der Waals surface area contributed by atoms with Crippen molar-refractivity contribution in [3.05, 3.63) is 175 Å². The summed E-state index contributed by atoms with van der Waals surface area (Å²) in [6.07, 6.45) is 4.31. The van der Waals surface area contributed by atoms with Gasteiger partial charge in [-0.2, -0.15) is 0 Å². The number of fused-ring (bicyclic) bond motifs is 4. The van der Waals surface area contributed by atoms with Crippen LogP contribution < -0.4 is 10.2 Å². The summed E-state index contributed by atoms with van der Waals surface area (Å²) in [5.41, 5.74) is 14.2. The molecule has 0 aliphatic carbocycles. The number of nitrogens with zero attached hydrogens (tertiary/aromatic N) is 1. The SMILES string of the molecule is C1=Cc2cc3oc4c(N(c5cccc(-c6ccc(-c7ccccc7)cc6)c5)c5ccccc5-c5ccccc5)cccc4c3cc2NC1. The Bertz CT molecular complexity index is 2440. The lowest BCUT2D eigenvalue weighted by Crippen LogP contribution is -2.11. The highest BCUT2D eigenvalue weighted by atomic mass is 16.3. The van der Waals surface area contributed by atoms with Crippen molar-refractivity contribution in [3.63, 3.8) is 0 Å². The van der Waals surface area contributed by atoms with Crippen LogP contribution >= 0.6 is 0 Å². The fourth-order valence-electron chi connectivity index (χ4n) is 6.92. The second-order valence-electron chi connectivity index (χ2n) is 12.2. The zero-order chi connectivity index (χ0) is 31.9. The lowest BCUT2D eigenvalue weighted by molar-refractivity contribution is 0.669. The quantitative estimate of drug-likeness (QED) is 0.201. The van der Waals surface area contributed by atoms with Gasteiger partial charge < -0.3 is 14.6 Å².